The summed E-state index contributed by atoms with van der Waals surface area (Å²) in [5.74, 6) is -1.28. The summed E-state index contributed by atoms with van der Waals surface area (Å²) in [6, 6.07) is 5.03. The van der Waals surface area contributed by atoms with Crippen molar-refractivity contribution in [2.45, 2.75) is 0 Å². The smallest absolute Gasteiger partial charge is 0.255 e. The molecule has 2 N–H and O–H groups in total. The van der Waals surface area contributed by atoms with Gasteiger partial charge in [-0.15, -0.1) is 0 Å². The van der Waals surface area contributed by atoms with Gasteiger partial charge in [0, 0.05) is 23.5 Å². The van der Waals surface area contributed by atoms with Crippen LogP contribution < -0.4 is 10.9 Å². The van der Waals surface area contributed by atoms with E-state index in [0.717, 1.165) is 6.07 Å². The van der Waals surface area contributed by atoms with Crippen LogP contribution in [-0.2, 0) is 0 Å². The highest BCUT2D eigenvalue weighted by atomic mass is 35.5. The molecule has 4 nitrogen and oxygen atoms in total. The molecule has 0 fully saturated rings. The summed E-state index contributed by atoms with van der Waals surface area (Å²) in [4.78, 5) is 25.3. The third-order valence-electron chi connectivity index (χ3n) is 2.28. The molecule has 0 radical (unpaired) electrons. The number of amides is 1. The standard InChI is InChI=1S/C12H7Cl2FN2O2/c13-8-4-7(5-9(14)11(8)15)17-12(19)6-1-2-16-10(18)3-6/h1-5H,(H,16,18)(H,17,19). The van der Waals surface area contributed by atoms with Crippen LogP contribution in [0.3, 0.4) is 0 Å². The molecule has 0 atom stereocenters. The molecule has 1 amide bonds. The second kappa shape index (κ2) is 5.42. The molecule has 19 heavy (non-hydrogen) atoms. The van der Waals surface area contributed by atoms with Crippen LogP contribution >= 0.6 is 23.2 Å². The summed E-state index contributed by atoms with van der Waals surface area (Å²) in [7, 11) is 0. The summed E-state index contributed by atoms with van der Waals surface area (Å²) in [6.45, 7) is 0. The van der Waals surface area contributed by atoms with Gasteiger partial charge in [0.25, 0.3) is 5.91 Å². The molecule has 0 aliphatic carbocycles. The van der Waals surface area contributed by atoms with Crippen molar-refractivity contribution in [1.29, 1.82) is 0 Å². The molecule has 2 rings (SSSR count). The van der Waals surface area contributed by atoms with Crippen molar-refractivity contribution in [3.63, 3.8) is 0 Å². The maximum Gasteiger partial charge on any atom is 0.255 e. The van der Waals surface area contributed by atoms with Crippen LogP contribution in [0, 0.1) is 5.82 Å². The molecule has 7 heteroatoms. The Hall–Kier alpha value is -1.85. The number of benzene rings is 1. The summed E-state index contributed by atoms with van der Waals surface area (Å²) in [5, 5.41) is 2.07. The van der Waals surface area contributed by atoms with E-state index in [9.17, 15) is 14.0 Å². The number of pyridine rings is 1. The van der Waals surface area contributed by atoms with E-state index in [2.05, 4.69) is 10.3 Å². The van der Waals surface area contributed by atoms with Crippen molar-refractivity contribution in [3.8, 4) is 0 Å². The first kappa shape index (κ1) is 13.6. The van der Waals surface area contributed by atoms with E-state index in [-0.39, 0.29) is 21.3 Å². The summed E-state index contributed by atoms with van der Waals surface area (Å²) < 4.78 is 13.2. The number of aromatic nitrogens is 1. The quantitative estimate of drug-likeness (QED) is 0.837. The molecule has 0 saturated carbocycles. The molecule has 1 heterocycles. The van der Waals surface area contributed by atoms with Crippen LogP contribution in [0.25, 0.3) is 0 Å². The minimum atomic E-state index is -0.752. The highest BCUT2D eigenvalue weighted by molar-refractivity contribution is 6.35. The number of nitrogens with one attached hydrogen (secondary N) is 2. The zero-order chi connectivity index (χ0) is 14.0. The zero-order valence-corrected chi connectivity index (χ0v) is 10.8. The molecule has 0 aliphatic rings. The predicted octanol–water partition coefficient (Wildman–Crippen LogP) is 3.07. The molecule has 0 bridgehead atoms. The largest absolute Gasteiger partial charge is 0.329 e. The van der Waals surface area contributed by atoms with E-state index in [1.807, 2.05) is 0 Å². The Labute approximate surface area is 117 Å². The Balaban J connectivity index is 2.27. The second-order valence-electron chi connectivity index (χ2n) is 3.65. The average Bonchev–Trinajstić information content (AvgIpc) is 2.36. The van der Waals surface area contributed by atoms with Crippen molar-refractivity contribution in [3.05, 3.63) is 62.2 Å². The van der Waals surface area contributed by atoms with Crippen LogP contribution in [0.5, 0.6) is 0 Å². The van der Waals surface area contributed by atoms with E-state index in [1.54, 1.807) is 0 Å². The average molecular weight is 301 g/mol. The summed E-state index contributed by atoms with van der Waals surface area (Å²) in [5.41, 5.74) is 0.00447. The van der Waals surface area contributed by atoms with Crippen LogP contribution in [0.4, 0.5) is 10.1 Å². The van der Waals surface area contributed by atoms with Gasteiger partial charge in [-0.3, -0.25) is 9.59 Å². The van der Waals surface area contributed by atoms with Gasteiger partial charge in [-0.05, 0) is 18.2 Å². The number of carbonyl (C=O) groups excluding carboxylic acids is 1. The molecule has 0 saturated heterocycles. The van der Waals surface area contributed by atoms with Gasteiger partial charge in [0.2, 0.25) is 5.56 Å². The highest BCUT2D eigenvalue weighted by Crippen LogP contribution is 2.27. The van der Waals surface area contributed by atoms with Gasteiger partial charge < -0.3 is 10.3 Å². The maximum atomic E-state index is 13.2. The molecule has 1 aromatic carbocycles. The van der Waals surface area contributed by atoms with Crippen LogP contribution in [0.15, 0.2) is 35.3 Å². The Morgan fingerprint density at radius 1 is 1.21 bits per heavy atom. The normalized spacial score (nSPS) is 10.3. The number of H-pyrrole nitrogens is 1. The van der Waals surface area contributed by atoms with Crippen LogP contribution in [0.1, 0.15) is 10.4 Å². The lowest BCUT2D eigenvalue weighted by Gasteiger charge is -2.07. The number of rotatable bonds is 2. The molecule has 1 aromatic heterocycles. The lowest BCUT2D eigenvalue weighted by atomic mass is 10.2. The lowest BCUT2D eigenvalue weighted by Crippen LogP contribution is -2.15. The van der Waals surface area contributed by atoms with Gasteiger partial charge in [0.15, 0.2) is 5.82 Å². The summed E-state index contributed by atoms with van der Waals surface area (Å²) >= 11 is 11.2. The first-order valence-electron chi connectivity index (χ1n) is 5.12. The monoisotopic (exact) mass is 300 g/mol. The third-order valence-corrected chi connectivity index (χ3v) is 2.83. The van der Waals surface area contributed by atoms with Gasteiger partial charge in [0.05, 0.1) is 10.0 Å². The van der Waals surface area contributed by atoms with Crippen molar-refractivity contribution >= 4 is 34.8 Å². The fourth-order valence-electron chi connectivity index (χ4n) is 1.42. The van der Waals surface area contributed by atoms with Gasteiger partial charge >= 0.3 is 0 Å². The number of anilines is 1. The van der Waals surface area contributed by atoms with Gasteiger partial charge in [-0.2, -0.15) is 0 Å². The van der Waals surface area contributed by atoms with Crippen molar-refractivity contribution < 1.29 is 9.18 Å². The molecular weight excluding hydrogens is 294 g/mol. The lowest BCUT2D eigenvalue weighted by molar-refractivity contribution is 0.102. The minimum Gasteiger partial charge on any atom is -0.329 e. The predicted molar refractivity (Wildman–Crippen MR) is 71.4 cm³/mol. The van der Waals surface area contributed by atoms with Crippen molar-refractivity contribution in [1.82, 2.24) is 4.98 Å². The van der Waals surface area contributed by atoms with Crippen LogP contribution in [0.2, 0.25) is 10.0 Å². The Bertz CT molecular complexity index is 677. The molecule has 2 aromatic rings. The molecule has 0 spiro atoms. The number of carbonyl (C=O) groups is 1. The molecule has 0 aliphatic heterocycles. The Kier molecular flexibility index (Phi) is 3.87. The first-order valence-corrected chi connectivity index (χ1v) is 5.87. The fourth-order valence-corrected chi connectivity index (χ4v) is 1.90. The molecule has 0 unspecified atom stereocenters. The molecule has 98 valence electrons. The van der Waals surface area contributed by atoms with E-state index in [1.165, 1.54) is 24.4 Å². The summed E-state index contributed by atoms with van der Waals surface area (Å²) in [6.07, 6.45) is 1.35. The van der Waals surface area contributed by atoms with E-state index >= 15 is 0 Å². The van der Waals surface area contributed by atoms with Gasteiger partial charge in [-0.25, -0.2) is 4.39 Å². The maximum absolute atomic E-state index is 13.2. The minimum absolute atomic E-state index is 0.167. The van der Waals surface area contributed by atoms with E-state index in [0.29, 0.717) is 0 Å². The molecular formula is C12H7Cl2FN2O2. The second-order valence-corrected chi connectivity index (χ2v) is 4.46. The Morgan fingerprint density at radius 2 is 1.84 bits per heavy atom. The highest BCUT2D eigenvalue weighted by Gasteiger charge is 2.11. The third kappa shape index (κ3) is 3.13. The van der Waals surface area contributed by atoms with Gasteiger partial charge in [0.1, 0.15) is 0 Å². The zero-order valence-electron chi connectivity index (χ0n) is 9.34. The van der Waals surface area contributed by atoms with Gasteiger partial charge in [-0.1, -0.05) is 23.2 Å². The Morgan fingerprint density at radius 3 is 2.42 bits per heavy atom. The fraction of sp³-hybridized carbons (Fsp3) is 0. The topological polar surface area (TPSA) is 62.0 Å². The SMILES string of the molecule is O=C(Nc1cc(Cl)c(F)c(Cl)c1)c1cc[nH]c(=O)c1. The van der Waals surface area contributed by atoms with E-state index in [4.69, 9.17) is 23.2 Å². The first-order chi connectivity index (χ1) is 8.97. The van der Waals surface area contributed by atoms with Crippen molar-refractivity contribution in [2.24, 2.45) is 0 Å². The van der Waals surface area contributed by atoms with Crippen molar-refractivity contribution in [2.75, 3.05) is 5.32 Å². The number of hydrogen-bond donors (Lipinski definition) is 2. The number of halogens is 3. The van der Waals surface area contributed by atoms with E-state index < -0.39 is 17.3 Å². The number of aromatic amines is 1. The number of hydrogen-bond acceptors (Lipinski definition) is 2. The van der Waals surface area contributed by atoms with Crippen LogP contribution in [-0.4, -0.2) is 10.9 Å².